The second kappa shape index (κ2) is 7.43. The van der Waals surface area contributed by atoms with Gasteiger partial charge in [0, 0.05) is 16.1 Å². The van der Waals surface area contributed by atoms with Crippen LogP contribution in [0.4, 0.5) is 5.69 Å². The van der Waals surface area contributed by atoms with Crippen LogP contribution in [0.2, 0.25) is 5.02 Å². The number of aliphatic hydroxyl groups is 1. The van der Waals surface area contributed by atoms with Crippen molar-refractivity contribution in [2.75, 3.05) is 4.90 Å². The molecular weight excluding hydrogens is 430 g/mol. The van der Waals surface area contributed by atoms with E-state index in [-0.39, 0.29) is 11.3 Å². The monoisotopic (exact) mass is 447 g/mol. The van der Waals surface area contributed by atoms with Crippen molar-refractivity contribution in [2.24, 2.45) is 0 Å². The van der Waals surface area contributed by atoms with Crippen LogP contribution in [0.3, 0.4) is 0 Å². The molecule has 2 aromatic carbocycles. The molecule has 0 radical (unpaired) electrons. The van der Waals surface area contributed by atoms with Crippen molar-refractivity contribution < 1.29 is 23.5 Å². The smallest absolute Gasteiger partial charge is 0.294 e. The van der Waals surface area contributed by atoms with Gasteiger partial charge in [-0.1, -0.05) is 23.7 Å². The molecular formula is C25H18ClNO5. The van der Waals surface area contributed by atoms with Crippen LogP contribution in [-0.2, 0) is 4.79 Å². The first-order valence-corrected chi connectivity index (χ1v) is 10.3. The largest absolute Gasteiger partial charge is 0.503 e. The van der Waals surface area contributed by atoms with Crippen molar-refractivity contribution >= 4 is 39.9 Å². The van der Waals surface area contributed by atoms with Gasteiger partial charge in [0.25, 0.3) is 5.91 Å². The number of nitrogens with zero attached hydrogens (tertiary/aromatic N) is 1. The fourth-order valence-corrected chi connectivity index (χ4v) is 4.24. The molecule has 0 spiro atoms. The van der Waals surface area contributed by atoms with Gasteiger partial charge in [-0.05, 0) is 67.4 Å². The number of carbonyl (C=O) groups is 2. The number of rotatable bonds is 4. The summed E-state index contributed by atoms with van der Waals surface area (Å²) in [5.41, 5.74) is 2.79. The summed E-state index contributed by atoms with van der Waals surface area (Å²) in [6, 6.07) is 14.5. The molecule has 2 aromatic heterocycles. The molecule has 5 rings (SSSR count). The third-order valence-corrected chi connectivity index (χ3v) is 6.04. The second-order valence-electron chi connectivity index (χ2n) is 7.70. The summed E-state index contributed by atoms with van der Waals surface area (Å²) in [6.45, 7) is 3.82. The predicted octanol–water partition coefficient (Wildman–Crippen LogP) is 6.08. The van der Waals surface area contributed by atoms with Gasteiger partial charge in [0.15, 0.2) is 11.5 Å². The minimum atomic E-state index is -0.942. The lowest BCUT2D eigenvalue weighted by Crippen LogP contribution is -2.31. The van der Waals surface area contributed by atoms with Gasteiger partial charge < -0.3 is 13.9 Å². The maximum absolute atomic E-state index is 13.5. The first-order valence-electron chi connectivity index (χ1n) is 9.97. The van der Waals surface area contributed by atoms with Crippen molar-refractivity contribution in [1.29, 1.82) is 0 Å². The number of Topliss-reactive ketones (excluding diaryl/α,β-unsaturated/α-hetero) is 1. The molecule has 1 N–H and O–H groups in total. The number of hydrogen-bond donors (Lipinski definition) is 1. The number of anilines is 1. The Morgan fingerprint density at radius 3 is 2.66 bits per heavy atom. The van der Waals surface area contributed by atoms with Crippen LogP contribution in [0, 0.1) is 13.8 Å². The molecule has 1 unspecified atom stereocenters. The molecule has 0 saturated heterocycles. The van der Waals surface area contributed by atoms with E-state index < -0.39 is 23.5 Å². The van der Waals surface area contributed by atoms with E-state index in [1.54, 1.807) is 42.5 Å². The van der Waals surface area contributed by atoms with Gasteiger partial charge in [-0.3, -0.25) is 14.5 Å². The molecule has 7 heteroatoms. The van der Waals surface area contributed by atoms with Crippen LogP contribution >= 0.6 is 11.6 Å². The van der Waals surface area contributed by atoms with E-state index in [9.17, 15) is 14.7 Å². The highest BCUT2D eigenvalue weighted by atomic mass is 35.5. The number of halogens is 1. The van der Waals surface area contributed by atoms with Crippen LogP contribution in [0.15, 0.2) is 81.0 Å². The standard InChI is InChI=1S/C25H18ClNO5/c1-13-5-3-6-17(14(13)2)27-22(19-7-4-10-31-19)21(24(29)25(27)30)23(28)20-12-15-11-16(26)8-9-18(15)32-20/h3-12,22,29H,1-2H3. The van der Waals surface area contributed by atoms with Gasteiger partial charge in [0.1, 0.15) is 17.4 Å². The number of aryl methyl sites for hydroxylation is 1. The number of amides is 1. The molecule has 1 aliphatic heterocycles. The van der Waals surface area contributed by atoms with Crippen molar-refractivity contribution in [2.45, 2.75) is 19.9 Å². The quantitative estimate of drug-likeness (QED) is 0.383. The van der Waals surface area contributed by atoms with Crippen LogP contribution < -0.4 is 4.90 Å². The number of hydrogen-bond acceptors (Lipinski definition) is 5. The number of benzene rings is 2. The lowest BCUT2D eigenvalue weighted by molar-refractivity contribution is -0.117. The Balaban J connectivity index is 1.66. The van der Waals surface area contributed by atoms with Crippen LogP contribution in [0.25, 0.3) is 11.0 Å². The summed E-state index contributed by atoms with van der Waals surface area (Å²) in [4.78, 5) is 28.1. The predicted molar refractivity (Wildman–Crippen MR) is 120 cm³/mol. The third-order valence-electron chi connectivity index (χ3n) is 5.80. The lowest BCUT2D eigenvalue weighted by Gasteiger charge is -2.26. The molecule has 0 aliphatic carbocycles. The summed E-state index contributed by atoms with van der Waals surface area (Å²) in [5.74, 6) is -1.56. The fourth-order valence-electron chi connectivity index (χ4n) is 4.06. The van der Waals surface area contributed by atoms with E-state index in [2.05, 4.69) is 0 Å². The van der Waals surface area contributed by atoms with Gasteiger partial charge in [-0.25, -0.2) is 0 Å². The summed E-state index contributed by atoms with van der Waals surface area (Å²) in [6.07, 6.45) is 1.46. The fraction of sp³-hybridized carbons (Fsp3) is 0.120. The van der Waals surface area contributed by atoms with Crippen LogP contribution in [-0.4, -0.2) is 16.8 Å². The molecule has 6 nitrogen and oxygen atoms in total. The molecule has 3 heterocycles. The van der Waals surface area contributed by atoms with Gasteiger partial charge in [0.2, 0.25) is 5.78 Å². The van der Waals surface area contributed by atoms with E-state index in [0.29, 0.717) is 27.4 Å². The molecule has 160 valence electrons. The first-order chi connectivity index (χ1) is 15.4. The summed E-state index contributed by atoms with van der Waals surface area (Å²) in [5, 5.41) is 12.0. The molecule has 0 fully saturated rings. The van der Waals surface area contributed by atoms with E-state index >= 15 is 0 Å². The highest BCUT2D eigenvalue weighted by Gasteiger charge is 2.47. The Bertz CT molecular complexity index is 1410. The number of aliphatic hydroxyl groups excluding tert-OH is 1. The average Bonchev–Trinajstić information content (AvgIpc) is 3.49. The normalized spacial score (nSPS) is 16.4. The molecule has 1 atom stereocenters. The van der Waals surface area contributed by atoms with E-state index in [0.717, 1.165) is 11.1 Å². The van der Waals surface area contributed by atoms with Crippen molar-refractivity contribution in [1.82, 2.24) is 0 Å². The maximum Gasteiger partial charge on any atom is 0.294 e. The minimum absolute atomic E-state index is 0.00372. The Labute approximate surface area is 188 Å². The first kappa shape index (κ1) is 20.2. The molecule has 4 aromatic rings. The lowest BCUT2D eigenvalue weighted by atomic mass is 9.98. The zero-order valence-electron chi connectivity index (χ0n) is 17.3. The van der Waals surface area contributed by atoms with Crippen LogP contribution in [0.5, 0.6) is 0 Å². The minimum Gasteiger partial charge on any atom is -0.503 e. The van der Waals surface area contributed by atoms with Gasteiger partial charge >= 0.3 is 0 Å². The number of furan rings is 2. The average molecular weight is 448 g/mol. The molecule has 0 bridgehead atoms. The topological polar surface area (TPSA) is 83.9 Å². The number of ketones is 1. The van der Waals surface area contributed by atoms with Crippen LogP contribution in [0.1, 0.15) is 33.5 Å². The van der Waals surface area contributed by atoms with E-state index in [1.165, 1.54) is 11.2 Å². The summed E-state index contributed by atoms with van der Waals surface area (Å²) < 4.78 is 11.3. The maximum atomic E-state index is 13.5. The molecule has 32 heavy (non-hydrogen) atoms. The molecule has 0 saturated carbocycles. The number of fused-ring (bicyclic) bond motifs is 1. The highest BCUT2D eigenvalue weighted by Crippen LogP contribution is 2.43. The SMILES string of the molecule is Cc1cccc(N2C(=O)C(O)=C(C(=O)c3cc4cc(Cl)ccc4o3)C2c2ccco2)c1C. The van der Waals surface area contributed by atoms with E-state index in [4.69, 9.17) is 20.4 Å². The van der Waals surface area contributed by atoms with Gasteiger partial charge in [-0.15, -0.1) is 0 Å². The number of carbonyl (C=O) groups excluding carboxylic acids is 2. The van der Waals surface area contributed by atoms with E-state index in [1.807, 2.05) is 26.0 Å². The van der Waals surface area contributed by atoms with Gasteiger partial charge in [-0.2, -0.15) is 0 Å². The second-order valence-corrected chi connectivity index (χ2v) is 8.13. The molecule has 1 aliphatic rings. The third kappa shape index (κ3) is 3.03. The van der Waals surface area contributed by atoms with Gasteiger partial charge in [0.05, 0.1) is 11.8 Å². The van der Waals surface area contributed by atoms with Crippen molar-refractivity contribution in [3.63, 3.8) is 0 Å². The zero-order valence-corrected chi connectivity index (χ0v) is 18.0. The highest BCUT2D eigenvalue weighted by molar-refractivity contribution is 6.31. The Morgan fingerprint density at radius 1 is 1.09 bits per heavy atom. The zero-order chi connectivity index (χ0) is 22.6. The Kier molecular flexibility index (Phi) is 4.68. The Hall–Kier alpha value is -3.77. The van der Waals surface area contributed by atoms with Crippen molar-refractivity contribution in [3.05, 3.63) is 99.9 Å². The summed E-state index contributed by atoms with van der Waals surface area (Å²) in [7, 11) is 0. The molecule has 1 amide bonds. The Morgan fingerprint density at radius 2 is 1.91 bits per heavy atom. The van der Waals surface area contributed by atoms with Crippen molar-refractivity contribution in [3.8, 4) is 0 Å². The summed E-state index contributed by atoms with van der Waals surface area (Å²) >= 11 is 6.04.